The van der Waals surface area contributed by atoms with Crippen LogP contribution in [0.4, 0.5) is 10.2 Å². The Morgan fingerprint density at radius 1 is 1.43 bits per heavy atom. The Kier molecular flexibility index (Phi) is 3.21. The van der Waals surface area contributed by atoms with E-state index in [1.54, 1.807) is 6.07 Å². The van der Waals surface area contributed by atoms with E-state index in [2.05, 4.69) is 14.9 Å². The molecule has 2 heterocycles. The van der Waals surface area contributed by atoms with Crippen LogP contribution in [0.2, 0.25) is 0 Å². The molecule has 1 saturated heterocycles. The lowest BCUT2D eigenvalue weighted by Gasteiger charge is -2.25. The molecule has 0 bridgehead atoms. The normalized spacial score (nSPS) is 26.5. The van der Waals surface area contributed by atoms with Crippen LogP contribution in [0.15, 0.2) is 24.5 Å². The monoisotopic (exact) mass is 315 g/mol. The van der Waals surface area contributed by atoms with Crippen LogP contribution in [-0.2, 0) is 9.53 Å². The molecule has 5 nitrogen and oxygen atoms in total. The van der Waals surface area contributed by atoms with Gasteiger partial charge in [0.25, 0.3) is 0 Å². The van der Waals surface area contributed by atoms with Crippen LogP contribution >= 0.6 is 0 Å². The van der Waals surface area contributed by atoms with Gasteiger partial charge in [-0.05, 0) is 37.0 Å². The van der Waals surface area contributed by atoms with Gasteiger partial charge < -0.3 is 9.64 Å². The van der Waals surface area contributed by atoms with Crippen molar-refractivity contribution in [1.82, 2.24) is 9.97 Å². The van der Waals surface area contributed by atoms with Crippen LogP contribution in [0.25, 0.3) is 10.9 Å². The summed E-state index contributed by atoms with van der Waals surface area (Å²) >= 11 is 0. The molecule has 2 unspecified atom stereocenters. The zero-order valence-corrected chi connectivity index (χ0v) is 13.0. The number of esters is 1. The predicted molar refractivity (Wildman–Crippen MR) is 83.5 cm³/mol. The summed E-state index contributed by atoms with van der Waals surface area (Å²) in [7, 11) is 1.45. The van der Waals surface area contributed by atoms with Gasteiger partial charge in [-0.1, -0.05) is 6.42 Å². The summed E-state index contributed by atoms with van der Waals surface area (Å²) in [5, 5.41) is 0.687. The number of halogens is 1. The highest BCUT2D eigenvalue weighted by atomic mass is 19.1. The number of carbonyl (C=O) groups excluding carboxylic acids is 1. The Hall–Kier alpha value is -2.24. The third kappa shape index (κ3) is 2.08. The van der Waals surface area contributed by atoms with E-state index in [-0.39, 0.29) is 17.7 Å². The highest BCUT2D eigenvalue weighted by Gasteiger charge is 2.55. The Bertz CT molecular complexity index is 782. The van der Waals surface area contributed by atoms with Crippen molar-refractivity contribution in [3.05, 3.63) is 30.3 Å². The molecule has 120 valence electrons. The first-order valence-corrected chi connectivity index (χ1v) is 7.88. The fraction of sp³-hybridized carbons (Fsp3) is 0.471. The molecule has 23 heavy (non-hydrogen) atoms. The summed E-state index contributed by atoms with van der Waals surface area (Å²) in [6, 6.07) is 4.51. The highest BCUT2D eigenvalue weighted by molar-refractivity contribution is 5.90. The van der Waals surface area contributed by atoms with Gasteiger partial charge in [-0.15, -0.1) is 0 Å². The van der Waals surface area contributed by atoms with Gasteiger partial charge in [-0.25, -0.2) is 14.4 Å². The van der Waals surface area contributed by atoms with Gasteiger partial charge in [-0.3, -0.25) is 4.79 Å². The number of anilines is 1. The minimum absolute atomic E-state index is 0.132. The number of benzene rings is 1. The number of hydrogen-bond donors (Lipinski definition) is 0. The Morgan fingerprint density at radius 2 is 2.30 bits per heavy atom. The molecule has 4 rings (SSSR count). The number of aromatic nitrogens is 2. The number of ether oxygens (including phenoxy) is 1. The minimum Gasteiger partial charge on any atom is -0.469 e. The number of methoxy groups -OCH3 is 1. The maximum absolute atomic E-state index is 13.6. The average Bonchev–Trinajstić information content (AvgIpc) is 3.11. The van der Waals surface area contributed by atoms with E-state index >= 15 is 0 Å². The zero-order chi connectivity index (χ0) is 16.0. The van der Waals surface area contributed by atoms with E-state index < -0.39 is 5.41 Å². The second-order valence-corrected chi connectivity index (χ2v) is 6.48. The second-order valence-electron chi connectivity index (χ2n) is 6.48. The van der Waals surface area contributed by atoms with Crippen LogP contribution < -0.4 is 4.90 Å². The molecule has 0 spiro atoms. The molecule has 1 aliphatic heterocycles. The molecule has 0 amide bonds. The molecular formula is C17H18FN3O2. The summed E-state index contributed by atoms with van der Waals surface area (Å²) in [6.45, 7) is 1.32. The van der Waals surface area contributed by atoms with Gasteiger partial charge in [0.1, 0.15) is 18.0 Å². The van der Waals surface area contributed by atoms with Crippen molar-refractivity contribution < 1.29 is 13.9 Å². The molecule has 2 aliphatic rings. The van der Waals surface area contributed by atoms with Gasteiger partial charge in [0.05, 0.1) is 18.0 Å². The smallest absolute Gasteiger partial charge is 0.313 e. The van der Waals surface area contributed by atoms with E-state index in [1.165, 1.54) is 25.6 Å². The van der Waals surface area contributed by atoms with Crippen LogP contribution in [-0.4, -0.2) is 36.1 Å². The summed E-state index contributed by atoms with van der Waals surface area (Å²) < 4.78 is 18.7. The SMILES string of the molecule is COC(=O)C12CCCC1CN(c1ncnc3ccc(F)cc13)C2. The van der Waals surface area contributed by atoms with Crippen LogP contribution in [0, 0.1) is 17.2 Å². The van der Waals surface area contributed by atoms with Crippen molar-refractivity contribution in [1.29, 1.82) is 0 Å². The van der Waals surface area contributed by atoms with Crippen molar-refractivity contribution in [3.8, 4) is 0 Å². The number of carbonyl (C=O) groups is 1. The van der Waals surface area contributed by atoms with E-state index in [9.17, 15) is 9.18 Å². The lowest BCUT2D eigenvalue weighted by molar-refractivity contribution is -0.152. The van der Waals surface area contributed by atoms with Crippen molar-refractivity contribution in [3.63, 3.8) is 0 Å². The van der Waals surface area contributed by atoms with E-state index in [0.29, 0.717) is 23.3 Å². The first-order chi connectivity index (χ1) is 11.1. The maximum Gasteiger partial charge on any atom is 0.313 e. The van der Waals surface area contributed by atoms with E-state index in [1.807, 2.05) is 0 Å². The molecule has 6 heteroatoms. The molecular weight excluding hydrogens is 297 g/mol. The number of nitrogens with zero attached hydrogens (tertiary/aromatic N) is 3. The van der Waals surface area contributed by atoms with Crippen LogP contribution in [0.5, 0.6) is 0 Å². The van der Waals surface area contributed by atoms with Gasteiger partial charge >= 0.3 is 5.97 Å². The van der Waals surface area contributed by atoms with Gasteiger partial charge in [0.2, 0.25) is 0 Å². The van der Waals surface area contributed by atoms with Crippen molar-refractivity contribution in [2.75, 3.05) is 25.1 Å². The van der Waals surface area contributed by atoms with Gasteiger partial charge in [0.15, 0.2) is 0 Å². The Labute approximate surface area is 133 Å². The lowest BCUT2D eigenvalue weighted by Crippen LogP contribution is -2.37. The molecule has 2 fully saturated rings. The summed E-state index contributed by atoms with van der Waals surface area (Å²) in [4.78, 5) is 23.0. The molecule has 2 aromatic rings. The average molecular weight is 315 g/mol. The highest BCUT2D eigenvalue weighted by Crippen LogP contribution is 2.50. The van der Waals surface area contributed by atoms with E-state index in [0.717, 1.165) is 25.8 Å². The van der Waals surface area contributed by atoms with Crippen molar-refractivity contribution in [2.45, 2.75) is 19.3 Å². The number of hydrogen-bond acceptors (Lipinski definition) is 5. The largest absolute Gasteiger partial charge is 0.469 e. The maximum atomic E-state index is 13.6. The third-order valence-electron chi connectivity index (χ3n) is 5.34. The molecule has 1 aromatic heterocycles. The first-order valence-electron chi connectivity index (χ1n) is 7.88. The van der Waals surface area contributed by atoms with Crippen LogP contribution in [0.1, 0.15) is 19.3 Å². The molecule has 1 aromatic carbocycles. The third-order valence-corrected chi connectivity index (χ3v) is 5.34. The number of fused-ring (bicyclic) bond motifs is 2. The molecule has 0 radical (unpaired) electrons. The fourth-order valence-corrected chi connectivity index (χ4v) is 4.25. The van der Waals surface area contributed by atoms with Gasteiger partial charge in [-0.2, -0.15) is 0 Å². The summed E-state index contributed by atoms with van der Waals surface area (Å²) in [5.41, 5.74) is 0.264. The molecule has 0 N–H and O–H groups in total. The van der Waals surface area contributed by atoms with Crippen molar-refractivity contribution in [2.24, 2.45) is 11.3 Å². The topological polar surface area (TPSA) is 55.3 Å². The minimum atomic E-state index is -0.445. The Balaban J connectivity index is 1.76. The molecule has 1 aliphatic carbocycles. The Morgan fingerprint density at radius 3 is 3.13 bits per heavy atom. The van der Waals surface area contributed by atoms with E-state index in [4.69, 9.17) is 4.74 Å². The van der Waals surface area contributed by atoms with Crippen LogP contribution in [0.3, 0.4) is 0 Å². The van der Waals surface area contributed by atoms with Gasteiger partial charge in [0, 0.05) is 18.5 Å². The second kappa shape index (κ2) is 5.15. The number of rotatable bonds is 2. The zero-order valence-electron chi connectivity index (χ0n) is 13.0. The predicted octanol–water partition coefficient (Wildman–Crippen LogP) is 2.55. The standard InChI is InChI=1S/C17H18FN3O2/c1-23-16(22)17-6-2-3-11(17)8-21(9-17)15-13-7-12(18)4-5-14(13)19-10-20-15/h4-5,7,10-11H,2-3,6,8-9H2,1H3. The molecule has 2 atom stereocenters. The molecule has 1 saturated carbocycles. The lowest BCUT2D eigenvalue weighted by atomic mass is 9.81. The summed E-state index contributed by atoms with van der Waals surface area (Å²) in [6.07, 6.45) is 4.41. The fourth-order valence-electron chi connectivity index (χ4n) is 4.25. The quantitative estimate of drug-likeness (QED) is 0.797. The first kappa shape index (κ1) is 14.4. The summed E-state index contributed by atoms with van der Waals surface area (Å²) in [5.74, 6) is 0.531. The van der Waals surface area contributed by atoms with Crippen molar-refractivity contribution >= 4 is 22.7 Å².